The number of benzene rings is 1. The standard InChI is InChI=1S/C7H2BrCl2NS/c8-7-11-5-2-3(9)1-4(10)6(5)12-7/h1-2H. The molecule has 0 atom stereocenters. The van der Waals surface area contributed by atoms with Crippen LogP contribution < -0.4 is 0 Å². The van der Waals surface area contributed by atoms with E-state index in [1.807, 2.05) is 0 Å². The lowest BCUT2D eigenvalue weighted by Crippen LogP contribution is -1.69. The van der Waals surface area contributed by atoms with E-state index in [4.69, 9.17) is 23.2 Å². The van der Waals surface area contributed by atoms with Crippen molar-refractivity contribution in [3.05, 3.63) is 26.1 Å². The first-order valence-electron chi connectivity index (χ1n) is 3.08. The van der Waals surface area contributed by atoms with E-state index in [-0.39, 0.29) is 0 Å². The largest absolute Gasteiger partial charge is 0.229 e. The molecule has 0 N–H and O–H groups in total. The number of halogens is 3. The van der Waals surface area contributed by atoms with Gasteiger partial charge in [0.2, 0.25) is 0 Å². The number of aromatic nitrogens is 1. The van der Waals surface area contributed by atoms with E-state index < -0.39 is 0 Å². The number of nitrogens with zero attached hydrogens (tertiary/aromatic N) is 1. The Kier molecular flexibility index (Phi) is 2.29. The zero-order chi connectivity index (χ0) is 8.72. The highest BCUT2D eigenvalue weighted by molar-refractivity contribution is 9.11. The van der Waals surface area contributed by atoms with E-state index in [1.165, 1.54) is 11.3 Å². The number of thiazole rings is 1. The van der Waals surface area contributed by atoms with Crippen molar-refractivity contribution in [1.82, 2.24) is 4.98 Å². The Hall–Kier alpha value is 0.170. The van der Waals surface area contributed by atoms with Gasteiger partial charge in [-0.1, -0.05) is 23.2 Å². The van der Waals surface area contributed by atoms with Gasteiger partial charge in [-0.3, -0.25) is 0 Å². The second kappa shape index (κ2) is 3.14. The van der Waals surface area contributed by atoms with Gasteiger partial charge in [0.25, 0.3) is 0 Å². The predicted molar refractivity (Wildman–Crippen MR) is 57.3 cm³/mol. The Labute approximate surface area is 91.4 Å². The van der Waals surface area contributed by atoms with Gasteiger partial charge in [-0.05, 0) is 28.1 Å². The summed E-state index contributed by atoms with van der Waals surface area (Å²) in [6.45, 7) is 0. The van der Waals surface area contributed by atoms with Crippen LogP contribution in [0.2, 0.25) is 10.0 Å². The third-order valence-electron chi connectivity index (χ3n) is 1.38. The Morgan fingerprint density at radius 3 is 2.83 bits per heavy atom. The maximum atomic E-state index is 5.94. The van der Waals surface area contributed by atoms with Crippen molar-refractivity contribution in [2.24, 2.45) is 0 Å². The first-order chi connectivity index (χ1) is 5.66. The molecule has 62 valence electrons. The van der Waals surface area contributed by atoms with E-state index in [1.54, 1.807) is 12.1 Å². The Bertz CT molecular complexity index is 440. The van der Waals surface area contributed by atoms with E-state index in [0.29, 0.717) is 10.0 Å². The maximum Gasteiger partial charge on any atom is 0.160 e. The van der Waals surface area contributed by atoms with Crippen molar-refractivity contribution < 1.29 is 0 Å². The average molecular weight is 283 g/mol. The predicted octanol–water partition coefficient (Wildman–Crippen LogP) is 4.37. The quantitative estimate of drug-likeness (QED) is 0.699. The summed E-state index contributed by atoms with van der Waals surface area (Å²) in [5, 5.41) is 1.27. The molecule has 2 rings (SSSR count). The average Bonchev–Trinajstić information content (AvgIpc) is 2.29. The minimum Gasteiger partial charge on any atom is -0.229 e. The molecule has 0 aliphatic carbocycles. The van der Waals surface area contributed by atoms with Crippen LogP contribution in [0.5, 0.6) is 0 Å². The topological polar surface area (TPSA) is 12.9 Å². The van der Waals surface area contributed by atoms with Crippen LogP contribution in [0, 0.1) is 0 Å². The molecule has 12 heavy (non-hydrogen) atoms. The van der Waals surface area contributed by atoms with Crippen LogP contribution in [0.4, 0.5) is 0 Å². The van der Waals surface area contributed by atoms with Crippen molar-refractivity contribution in [2.75, 3.05) is 0 Å². The molecule has 0 saturated carbocycles. The molecule has 0 unspecified atom stereocenters. The van der Waals surface area contributed by atoms with Gasteiger partial charge in [0.1, 0.15) is 0 Å². The molecule has 1 nitrogen and oxygen atoms in total. The molecule has 0 bridgehead atoms. The summed E-state index contributed by atoms with van der Waals surface area (Å²) in [7, 11) is 0. The van der Waals surface area contributed by atoms with Crippen LogP contribution in [-0.4, -0.2) is 4.98 Å². The zero-order valence-corrected chi connectivity index (χ0v) is 9.56. The lowest BCUT2D eigenvalue weighted by Gasteiger charge is -1.92. The van der Waals surface area contributed by atoms with Gasteiger partial charge in [0.15, 0.2) is 3.92 Å². The summed E-state index contributed by atoms with van der Waals surface area (Å²) in [6, 6.07) is 3.51. The third kappa shape index (κ3) is 1.46. The first-order valence-corrected chi connectivity index (χ1v) is 5.44. The van der Waals surface area contributed by atoms with E-state index in [2.05, 4.69) is 20.9 Å². The number of hydrogen-bond donors (Lipinski definition) is 0. The second-order valence-electron chi connectivity index (χ2n) is 2.20. The summed E-state index contributed by atoms with van der Waals surface area (Å²) in [5.41, 5.74) is 0.837. The summed E-state index contributed by atoms with van der Waals surface area (Å²) in [4.78, 5) is 4.20. The molecule has 1 heterocycles. The second-order valence-corrected chi connectivity index (χ2v) is 5.32. The fourth-order valence-corrected chi connectivity index (χ4v) is 2.89. The highest BCUT2D eigenvalue weighted by Crippen LogP contribution is 2.34. The smallest absolute Gasteiger partial charge is 0.160 e. The van der Waals surface area contributed by atoms with Gasteiger partial charge in [-0.2, -0.15) is 0 Å². The SMILES string of the molecule is Clc1cc(Cl)c2sc(Br)nc2c1. The fraction of sp³-hybridized carbons (Fsp3) is 0. The number of rotatable bonds is 0. The fourth-order valence-electron chi connectivity index (χ4n) is 0.933. The highest BCUT2D eigenvalue weighted by atomic mass is 79.9. The minimum atomic E-state index is 0.616. The van der Waals surface area contributed by atoms with Crippen LogP contribution in [0.15, 0.2) is 16.0 Å². The molecule has 1 aromatic heterocycles. The van der Waals surface area contributed by atoms with E-state index in [0.717, 1.165) is 14.1 Å². The third-order valence-corrected chi connectivity index (χ3v) is 3.57. The molecule has 5 heteroatoms. The normalized spacial score (nSPS) is 10.9. The monoisotopic (exact) mass is 281 g/mol. The zero-order valence-electron chi connectivity index (χ0n) is 5.64. The van der Waals surface area contributed by atoms with Gasteiger partial charge in [0, 0.05) is 5.02 Å². The van der Waals surface area contributed by atoms with Crippen molar-refractivity contribution in [1.29, 1.82) is 0 Å². The summed E-state index contributed by atoms with van der Waals surface area (Å²) >= 11 is 16.5. The van der Waals surface area contributed by atoms with Crippen LogP contribution in [-0.2, 0) is 0 Å². The molecule has 2 aromatic rings. The molecule has 0 aliphatic rings. The van der Waals surface area contributed by atoms with Gasteiger partial charge < -0.3 is 0 Å². The van der Waals surface area contributed by atoms with Crippen molar-refractivity contribution in [2.45, 2.75) is 0 Å². The summed E-state index contributed by atoms with van der Waals surface area (Å²) in [6.07, 6.45) is 0. The van der Waals surface area contributed by atoms with E-state index in [9.17, 15) is 0 Å². The molecule has 1 aromatic carbocycles. The molecule has 0 aliphatic heterocycles. The Morgan fingerprint density at radius 1 is 1.33 bits per heavy atom. The van der Waals surface area contributed by atoms with Crippen LogP contribution in [0.25, 0.3) is 10.2 Å². The van der Waals surface area contributed by atoms with Gasteiger partial charge in [-0.15, -0.1) is 11.3 Å². The van der Waals surface area contributed by atoms with Crippen LogP contribution in [0.3, 0.4) is 0 Å². The van der Waals surface area contributed by atoms with Crippen molar-refractivity contribution in [3.63, 3.8) is 0 Å². The van der Waals surface area contributed by atoms with Crippen molar-refractivity contribution >= 4 is 60.7 Å². The molecule has 0 fully saturated rings. The number of hydrogen-bond acceptors (Lipinski definition) is 2. The molecular formula is C7H2BrCl2NS. The first kappa shape index (κ1) is 8.75. The van der Waals surface area contributed by atoms with Gasteiger partial charge in [0.05, 0.1) is 15.2 Å². The molecule has 0 saturated heterocycles. The van der Waals surface area contributed by atoms with Gasteiger partial charge >= 0.3 is 0 Å². The highest BCUT2D eigenvalue weighted by Gasteiger charge is 2.06. The Balaban J connectivity index is 2.88. The van der Waals surface area contributed by atoms with Gasteiger partial charge in [-0.25, -0.2) is 4.98 Å². The lowest BCUT2D eigenvalue weighted by molar-refractivity contribution is 1.45. The minimum absolute atomic E-state index is 0.616. The van der Waals surface area contributed by atoms with E-state index >= 15 is 0 Å². The lowest BCUT2D eigenvalue weighted by atomic mass is 10.3. The molecule has 0 radical (unpaired) electrons. The molecule has 0 spiro atoms. The summed E-state index contributed by atoms with van der Waals surface area (Å²) in [5.74, 6) is 0. The maximum absolute atomic E-state index is 5.94. The molecule has 0 amide bonds. The van der Waals surface area contributed by atoms with Crippen molar-refractivity contribution in [3.8, 4) is 0 Å². The van der Waals surface area contributed by atoms with Crippen LogP contribution in [0.1, 0.15) is 0 Å². The van der Waals surface area contributed by atoms with Crippen LogP contribution >= 0.6 is 50.5 Å². The Morgan fingerprint density at radius 2 is 2.08 bits per heavy atom. The number of fused-ring (bicyclic) bond motifs is 1. The summed E-state index contributed by atoms with van der Waals surface area (Å²) < 4.78 is 1.79. The molecular weight excluding hydrogens is 281 g/mol.